The molecule has 3 aromatic rings. The second-order valence-corrected chi connectivity index (χ2v) is 8.47. The van der Waals surface area contributed by atoms with E-state index in [4.69, 9.17) is 5.73 Å². The molecule has 6 nitrogen and oxygen atoms in total. The fourth-order valence-corrected chi connectivity index (χ4v) is 3.98. The lowest BCUT2D eigenvalue weighted by Crippen LogP contribution is -2.23. The van der Waals surface area contributed by atoms with Crippen LogP contribution < -0.4 is 16.4 Å². The maximum absolute atomic E-state index is 15.2. The van der Waals surface area contributed by atoms with Gasteiger partial charge >= 0.3 is 6.18 Å². The van der Waals surface area contributed by atoms with Crippen molar-refractivity contribution in [1.29, 1.82) is 0 Å². The van der Waals surface area contributed by atoms with Crippen molar-refractivity contribution in [1.82, 2.24) is 9.97 Å². The highest BCUT2D eigenvalue weighted by Crippen LogP contribution is 2.54. The number of rotatable bonds is 8. The Balaban J connectivity index is 1.47. The number of alkyl halides is 3. The summed E-state index contributed by atoms with van der Waals surface area (Å²) in [6.07, 6.45) is -2.43. The van der Waals surface area contributed by atoms with E-state index in [0.717, 1.165) is 23.3 Å². The first-order valence-electron chi connectivity index (χ1n) is 10.6. The lowest BCUT2D eigenvalue weighted by atomic mass is 10.0. The molecule has 0 radical (unpaired) electrons. The second kappa shape index (κ2) is 8.92. The molecule has 1 aliphatic rings. The van der Waals surface area contributed by atoms with Gasteiger partial charge < -0.3 is 16.4 Å². The van der Waals surface area contributed by atoms with Crippen LogP contribution in [0.2, 0.25) is 0 Å². The van der Waals surface area contributed by atoms with Gasteiger partial charge in [-0.2, -0.15) is 17.6 Å². The third-order valence-corrected chi connectivity index (χ3v) is 6.03. The van der Waals surface area contributed by atoms with E-state index in [1.165, 1.54) is 18.5 Å². The highest BCUT2D eigenvalue weighted by Gasteiger charge is 2.53. The Bertz CT molecular complexity index is 1180. The first kappa shape index (κ1) is 23.5. The SMILES string of the molecule is CC1CC1(Nc1ncnc(NCc2ccc(CC(N)=O)cc2)c1F)c1ccc(C(F)(F)F)cc1. The largest absolute Gasteiger partial charge is 0.416 e. The van der Waals surface area contributed by atoms with Crippen molar-refractivity contribution in [3.05, 3.63) is 82.9 Å². The molecule has 1 fully saturated rings. The number of halogens is 4. The number of benzene rings is 2. The van der Waals surface area contributed by atoms with Gasteiger partial charge in [0.05, 0.1) is 17.5 Å². The molecule has 4 rings (SSSR count). The molecule has 0 aliphatic heterocycles. The molecule has 10 heteroatoms. The summed E-state index contributed by atoms with van der Waals surface area (Å²) in [5.41, 5.74) is 6.01. The Kier molecular flexibility index (Phi) is 6.16. The third-order valence-electron chi connectivity index (χ3n) is 6.03. The Morgan fingerprint density at radius 2 is 1.65 bits per heavy atom. The molecule has 1 aromatic heterocycles. The Labute approximate surface area is 193 Å². The molecule has 0 saturated heterocycles. The summed E-state index contributed by atoms with van der Waals surface area (Å²) in [6.45, 7) is 2.22. The van der Waals surface area contributed by atoms with Gasteiger partial charge in [0.2, 0.25) is 11.7 Å². The summed E-state index contributed by atoms with van der Waals surface area (Å²) in [6, 6.07) is 12.0. The van der Waals surface area contributed by atoms with Gasteiger partial charge in [0, 0.05) is 6.54 Å². The molecular formula is C24H23F4N5O. The Hall–Kier alpha value is -3.69. The van der Waals surface area contributed by atoms with E-state index in [0.29, 0.717) is 12.0 Å². The van der Waals surface area contributed by atoms with Crippen molar-refractivity contribution >= 4 is 17.5 Å². The molecule has 34 heavy (non-hydrogen) atoms. The van der Waals surface area contributed by atoms with E-state index < -0.39 is 29.0 Å². The number of carbonyl (C=O) groups is 1. The molecule has 1 saturated carbocycles. The standard InChI is InChI=1S/C24H23F4N5O/c1-14-11-23(14,17-6-8-18(9-7-17)24(26,27)28)33-22-20(25)21(31-13-32-22)30-12-16-4-2-15(3-5-16)10-19(29)34/h2-9,13-14H,10-12H2,1H3,(H2,29,34)(H2,30,31,32,33). The van der Waals surface area contributed by atoms with Gasteiger partial charge in [0.1, 0.15) is 6.33 Å². The maximum Gasteiger partial charge on any atom is 0.416 e. The number of nitrogens with two attached hydrogens (primary N) is 1. The van der Waals surface area contributed by atoms with Gasteiger partial charge in [0.15, 0.2) is 11.6 Å². The topological polar surface area (TPSA) is 92.9 Å². The number of aromatic nitrogens is 2. The van der Waals surface area contributed by atoms with Crippen LogP contribution in [0.25, 0.3) is 0 Å². The van der Waals surface area contributed by atoms with Crippen LogP contribution in [0.4, 0.5) is 29.2 Å². The Morgan fingerprint density at radius 3 is 2.21 bits per heavy atom. The first-order valence-corrected chi connectivity index (χ1v) is 10.6. The highest BCUT2D eigenvalue weighted by atomic mass is 19.4. The highest BCUT2D eigenvalue weighted by molar-refractivity contribution is 5.76. The number of hydrogen-bond acceptors (Lipinski definition) is 5. The molecule has 2 aromatic carbocycles. The monoisotopic (exact) mass is 473 g/mol. The maximum atomic E-state index is 15.2. The lowest BCUT2D eigenvalue weighted by molar-refractivity contribution is -0.137. The normalized spacial score (nSPS) is 19.5. The number of primary amides is 1. The van der Waals surface area contributed by atoms with Crippen molar-refractivity contribution in [2.45, 2.75) is 38.0 Å². The zero-order chi connectivity index (χ0) is 24.5. The van der Waals surface area contributed by atoms with Crippen LogP contribution in [0.3, 0.4) is 0 Å². The molecule has 0 bridgehead atoms. The van der Waals surface area contributed by atoms with Gasteiger partial charge in [0.25, 0.3) is 0 Å². The van der Waals surface area contributed by atoms with Crippen LogP contribution in [-0.2, 0) is 29.5 Å². The van der Waals surface area contributed by atoms with Gasteiger partial charge in [-0.25, -0.2) is 9.97 Å². The average Bonchev–Trinajstić information content (AvgIpc) is 3.44. The van der Waals surface area contributed by atoms with E-state index >= 15 is 4.39 Å². The molecule has 1 heterocycles. The molecule has 4 N–H and O–H groups in total. The molecule has 2 atom stereocenters. The molecule has 178 valence electrons. The van der Waals surface area contributed by atoms with Crippen LogP contribution in [0.15, 0.2) is 54.9 Å². The fraction of sp³-hybridized carbons (Fsp3) is 0.292. The van der Waals surface area contributed by atoms with Crippen LogP contribution in [0, 0.1) is 11.7 Å². The van der Waals surface area contributed by atoms with E-state index in [-0.39, 0.29) is 30.5 Å². The number of hydrogen-bond donors (Lipinski definition) is 3. The number of amides is 1. The van der Waals surface area contributed by atoms with E-state index in [9.17, 15) is 18.0 Å². The van der Waals surface area contributed by atoms with Gasteiger partial charge in [-0.15, -0.1) is 0 Å². The smallest absolute Gasteiger partial charge is 0.369 e. The third kappa shape index (κ3) is 4.95. The summed E-state index contributed by atoms with van der Waals surface area (Å²) in [7, 11) is 0. The molecule has 1 amide bonds. The summed E-state index contributed by atoms with van der Waals surface area (Å²) in [5, 5.41) is 6.02. The summed E-state index contributed by atoms with van der Waals surface area (Å²) >= 11 is 0. The fourth-order valence-electron chi connectivity index (χ4n) is 3.98. The number of anilines is 2. The van der Waals surface area contributed by atoms with E-state index in [1.54, 1.807) is 24.3 Å². The summed E-state index contributed by atoms with van der Waals surface area (Å²) in [4.78, 5) is 19.0. The quantitative estimate of drug-likeness (QED) is 0.415. The minimum Gasteiger partial charge on any atom is -0.369 e. The number of nitrogens with zero attached hydrogens (tertiary/aromatic N) is 2. The second-order valence-electron chi connectivity index (χ2n) is 8.47. The van der Waals surface area contributed by atoms with Crippen LogP contribution in [0.5, 0.6) is 0 Å². The zero-order valence-corrected chi connectivity index (χ0v) is 18.3. The van der Waals surface area contributed by atoms with Gasteiger partial charge in [-0.3, -0.25) is 4.79 Å². The first-order chi connectivity index (χ1) is 16.1. The van der Waals surface area contributed by atoms with Crippen molar-refractivity contribution in [2.24, 2.45) is 11.7 Å². The van der Waals surface area contributed by atoms with Crippen LogP contribution in [0.1, 0.15) is 35.6 Å². The minimum absolute atomic E-state index is 0.00501. The van der Waals surface area contributed by atoms with E-state index in [1.807, 2.05) is 6.92 Å². The average molecular weight is 473 g/mol. The number of nitrogens with one attached hydrogen (secondary N) is 2. The molecule has 2 unspecified atom stereocenters. The predicted molar refractivity (Wildman–Crippen MR) is 119 cm³/mol. The lowest BCUT2D eigenvalue weighted by Gasteiger charge is -2.21. The predicted octanol–water partition coefficient (Wildman–Crippen LogP) is 4.62. The van der Waals surface area contributed by atoms with Crippen molar-refractivity contribution < 1.29 is 22.4 Å². The Morgan fingerprint density at radius 1 is 1.06 bits per heavy atom. The molecular weight excluding hydrogens is 450 g/mol. The summed E-state index contributed by atoms with van der Waals surface area (Å²) in [5.74, 6) is -1.06. The number of carbonyl (C=O) groups excluding carboxylic acids is 1. The summed E-state index contributed by atoms with van der Waals surface area (Å²) < 4.78 is 53.9. The van der Waals surface area contributed by atoms with Crippen LogP contribution >= 0.6 is 0 Å². The van der Waals surface area contributed by atoms with Gasteiger partial charge in [-0.1, -0.05) is 43.3 Å². The molecule has 1 aliphatic carbocycles. The van der Waals surface area contributed by atoms with Crippen molar-refractivity contribution in [2.75, 3.05) is 10.6 Å². The van der Waals surface area contributed by atoms with Gasteiger partial charge in [-0.05, 0) is 41.2 Å². The van der Waals surface area contributed by atoms with Crippen molar-refractivity contribution in [3.63, 3.8) is 0 Å². The minimum atomic E-state index is -4.42. The van der Waals surface area contributed by atoms with Crippen LogP contribution in [-0.4, -0.2) is 15.9 Å². The van der Waals surface area contributed by atoms with E-state index in [2.05, 4.69) is 20.6 Å². The zero-order valence-electron chi connectivity index (χ0n) is 18.3. The van der Waals surface area contributed by atoms with Crippen molar-refractivity contribution in [3.8, 4) is 0 Å². The molecule has 0 spiro atoms.